The quantitative estimate of drug-likeness (QED) is 0.396. The van der Waals surface area contributed by atoms with Gasteiger partial charge in [-0.1, -0.05) is 23.7 Å². The molecule has 0 aromatic heterocycles. The molecule has 0 radical (unpaired) electrons. The number of morpholine rings is 1. The van der Waals surface area contributed by atoms with Crippen molar-refractivity contribution in [3.05, 3.63) is 69.8 Å². The Hall–Kier alpha value is -2.87. The lowest BCUT2D eigenvalue weighted by molar-refractivity contribution is -0.140. The number of benzene rings is 2. The number of halogens is 1. The summed E-state index contributed by atoms with van der Waals surface area (Å²) in [4.78, 5) is 30.0. The number of hydrogen-bond donors (Lipinski definition) is 1. The number of aliphatic hydroxyl groups is 1. The summed E-state index contributed by atoms with van der Waals surface area (Å²) in [5.41, 5.74) is 2.06. The maximum absolute atomic E-state index is 13.1. The van der Waals surface area contributed by atoms with Crippen molar-refractivity contribution in [2.45, 2.75) is 13.0 Å². The van der Waals surface area contributed by atoms with Crippen LogP contribution in [-0.4, -0.2) is 73.1 Å². The minimum Gasteiger partial charge on any atom is -0.507 e. The molecule has 4 rings (SSSR count). The van der Waals surface area contributed by atoms with E-state index in [1.165, 1.54) is 0 Å². The van der Waals surface area contributed by atoms with Gasteiger partial charge in [-0.15, -0.1) is 0 Å². The normalized spacial score (nSPS) is 20.9. The minimum absolute atomic E-state index is 0.0777. The molecule has 2 saturated heterocycles. The van der Waals surface area contributed by atoms with Crippen LogP contribution in [0.2, 0.25) is 5.02 Å². The molecule has 0 bridgehead atoms. The molecule has 2 aromatic carbocycles. The van der Waals surface area contributed by atoms with E-state index in [0.717, 1.165) is 18.7 Å². The number of amides is 1. The Bertz CT molecular complexity index is 1080. The van der Waals surface area contributed by atoms with Gasteiger partial charge in [0.05, 0.1) is 31.9 Å². The molecule has 2 aromatic rings. The molecule has 0 unspecified atom stereocenters. The topological polar surface area (TPSA) is 79.3 Å². The van der Waals surface area contributed by atoms with Gasteiger partial charge in [0.15, 0.2) is 0 Å². The first-order valence-electron chi connectivity index (χ1n) is 10.9. The molecule has 174 valence electrons. The average Bonchev–Trinajstić information content (AvgIpc) is 3.08. The van der Waals surface area contributed by atoms with Crippen LogP contribution in [0.1, 0.15) is 22.7 Å². The maximum atomic E-state index is 13.1. The third-order valence-corrected chi connectivity index (χ3v) is 6.41. The van der Waals surface area contributed by atoms with E-state index in [1.807, 2.05) is 6.92 Å². The molecule has 2 fully saturated rings. The first kappa shape index (κ1) is 23.3. The Morgan fingerprint density at radius 2 is 1.82 bits per heavy atom. The largest absolute Gasteiger partial charge is 0.507 e. The van der Waals surface area contributed by atoms with Crippen LogP contribution in [0.25, 0.3) is 5.76 Å². The van der Waals surface area contributed by atoms with Crippen molar-refractivity contribution < 1.29 is 24.2 Å². The zero-order valence-corrected chi connectivity index (χ0v) is 19.5. The number of carbonyl (C=O) groups is 2. The van der Waals surface area contributed by atoms with E-state index in [-0.39, 0.29) is 11.3 Å². The molecular weight excluding hydrogens is 444 g/mol. The van der Waals surface area contributed by atoms with Crippen molar-refractivity contribution in [3.63, 3.8) is 0 Å². The molecule has 2 heterocycles. The van der Waals surface area contributed by atoms with Crippen molar-refractivity contribution in [1.29, 1.82) is 0 Å². The van der Waals surface area contributed by atoms with Gasteiger partial charge in [-0.05, 0) is 48.4 Å². The summed E-state index contributed by atoms with van der Waals surface area (Å²) in [5.74, 6) is -0.836. The molecule has 2 aliphatic heterocycles. The highest BCUT2D eigenvalue weighted by Crippen LogP contribution is 2.40. The van der Waals surface area contributed by atoms with Crippen molar-refractivity contribution in [1.82, 2.24) is 9.80 Å². The van der Waals surface area contributed by atoms with Gasteiger partial charge in [-0.3, -0.25) is 14.5 Å². The monoisotopic (exact) mass is 470 g/mol. The van der Waals surface area contributed by atoms with Crippen molar-refractivity contribution >= 4 is 29.1 Å². The third-order valence-electron chi connectivity index (χ3n) is 6.15. The number of methoxy groups -OCH3 is 1. The highest BCUT2D eigenvalue weighted by molar-refractivity contribution is 6.46. The lowest BCUT2D eigenvalue weighted by atomic mass is 9.95. The average molecular weight is 471 g/mol. The number of nitrogens with zero attached hydrogens (tertiary/aromatic N) is 2. The molecule has 0 aliphatic carbocycles. The number of carbonyl (C=O) groups excluding carboxylic acids is 2. The van der Waals surface area contributed by atoms with Crippen LogP contribution in [-0.2, 0) is 14.3 Å². The summed E-state index contributed by atoms with van der Waals surface area (Å²) in [6.07, 6.45) is 0. The lowest BCUT2D eigenvalue weighted by Gasteiger charge is -2.31. The SMILES string of the molecule is COc1ccc(/C(O)=C2\C(=O)C(=O)N(CCN3CCOCC3)[C@@H]2c2ccc(Cl)cc2)cc1C. The number of aliphatic hydroxyl groups excluding tert-OH is 1. The van der Waals surface area contributed by atoms with E-state index < -0.39 is 17.7 Å². The van der Waals surface area contributed by atoms with Gasteiger partial charge in [0.2, 0.25) is 0 Å². The number of ether oxygens (including phenoxy) is 2. The summed E-state index contributed by atoms with van der Waals surface area (Å²) in [6, 6.07) is 11.5. The van der Waals surface area contributed by atoms with E-state index in [4.69, 9.17) is 21.1 Å². The fourth-order valence-corrected chi connectivity index (χ4v) is 4.48. The van der Waals surface area contributed by atoms with Crippen LogP contribution in [0.4, 0.5) is 0 Å². The molecule has 8 heteroatoms. The van der Waals surface area contributed by atoms with Crippen molar-refractivity contribution in [3.8, 4) is 5.75 Å². The second-order valence-electron chi connectivity index (χ2n) is 8.18. The smallest absolute Gasteiger partial charge is 0.295 e. The molecule has 1 amide bonds. The maximum Gasteiger partial charge on any atom is 0.295 e. The Morgan fingerprint density at radius 1 is 1.12 bits per heavy atom. The van der Waals surface area contributed by atoms with Crippen LogP contribution >= 0.6 is 11.6 Å². The van der Waals surface area contributed by atoms with Crippen molar-refractivity contribution in [2.75, 3.05) is 46.5 Å². The molecule has 0 saturated carbocycles. The second kappa shape index (κ2) is 9.95. The van der Waals surface area contributed by atoms with Crippen LogP contribution < -0.4 is 4.74 Å². The first-order chi connectivity index (χ1) is 15.9. The van der Waals surface area contributed by atoms with Crippen molar-refractivity contribution in [2.24, 2.45) is 0 Å². The molecule has 1 atom stereocenters. The number of hydrogen-bond acceptors (Lipinski definition) is 6. The highest BCUT2D eigenvalue weighted by Gasteiger charge is 2.46. The molecule has 33 heavy (non-hydrogen) atoms. The van der Waals surface area contributed by atoms with Crippen LogP contribution in [0.15, 0.2) is 48.0 Å². The molecule has 0 spiro atoms. The Kier molecular flexibility index (Phi) is 7.02. The Labute approximate surface area is 198 Å². The predicted octanol–water partition coefficient (Wildman–Crippen LogP) is 3.41. The summed E-state index contributed by atoms with van der Waals surface area (Å²) >= 11 is 6.08. The summed E-state index contributed by atoms with van der Waals surface area (Å²) in [5, 5.41) is 11.8. The Balaban J connectivity index is 1.74. The summed E-state index contributed by atoms with van der Waals surface area (Å²) in [6.45, 7) is 5.68. The number of likely N-dealkylation sites (tertiary alicyclic amines) is 1. The molecule has 2 aliphatic rings. The van der Waals surface area contributed by atoms with Gasteiger partial charge >= 0.3 is 0 Å². The third kappa shape index (κ3) is 4.76. The standard InChI is InChI=1S/C25H27ClN2O5/c1-16-15-18(5-8-20(16)32-2)23(29)21-22(17-3-6-19(26)7-4-17)28(25(31)24(21)30)10-9-27-11-13-33-14-12-27/h3-8,15,22,29H,9-14H2,1-2H3/b23-21+/t22-/m1/s1. The van der Waals surface area contributed by atoms with Gasteiger partial charge < -0.3 is 19.5 Å². The number of aryl methyl sites for hydroxylation is 1. The zero-order chi connectivity index (χ0) is 23.5. The number of rotatable bonds is 6. The molecule has 1 N–H and O–H groups in total. The summed E-state index contributed by atoms with van der Waals surface area (Å²) in [7, 11) is 1.57. The van der Waals surface area contributed by atoms with E-state index in [0.29, 0.717) is 48.2 Å². The van der Waals surface area contributed by atoms with Crippen LogP contribution in [0, 0.1) is 6.92 Å². The van der Waals surface area contributed by atoms with Gasteiger partial charge in [0.1, 0.15) is 11.5 Å². The zero-order valence-electron chi connectivity index (χ0n) is 18.7. The van der Waals surface area contributed by atoms with E-state index >= 15 is 0 Å². The van der Waals surface area contributed by atoms with E-state index in [9.17, 15) is 14.7 Å². The van der Waals surface area contributed by atoms with Crippen LogP contribution in [0.3, 0.4) is 0 Å². The first-order valence-corrected chi connectivity index (χ1v) is 11.3. The van der Waals surface area contributed by atoms with E-state index in [2.05, 4.69) is 4.90 Å². The number of Topliss-reactive ketones (excluding diaryl/α,β-unsaturated/α-hetero) is 1. The van der Waals surface area contributed by atoms with Gasteiger partial charge in [-0.2, -0.15) is 0 Å². The van der Waals surface area contributed by atoms with Gasteiger partial charge in [0.25, 0.3) is 11.7 Å². The molecular formula is C25H27ClN2O5. The Morgan fingerprint density at radius 3 is 2.45 bits per heavy atom. The van der Waals surface area contributed by atoms with E-state index in [1.54, 1.807) is 54.5 Å². The molecule has 7 nitrogen and oxygen atoms in total. The fourth-order valence-electron chi connectivity index (χ4n) is 4.36. The fraction of sp³-hybridized carbons (Fsp3) is 0.360. The van der Waals surface area contributed by atoms with Gasteiger partial charge in [-0.25, -0.2) is 0 Å². The minimum atomic E-state index is -0.703. The van der Waals surface area contributed by atoms with Gasteiger partial charge in [0, 0.05) is 36.8 Å². The number of ketones is 1. The highest BCUT2D eigenvalue weighted by atomic mass is 35.5. The second-order valence-corrected chi connectivity index (χ2v) is 8.62. The summed E-state index contributed by atoms with van der Waals surface area (Å²) < 4.78 is 10.7. The predicted molar refractivity (Wildman–Crippen MR) is 125 cm³/mol. The van der Waals surface area contributed by atoms with Crippen LogP contribution in [0.5, 0.6) is 5.75 Å². The lowest BCUT2D eigenvalue weighted by Crippen LogP contribution is -2.42.